The van der Waals surface area contributed by atoms with E-state index in [2.05, 4.69) is 25.7 Å². The van der Waals surface area contributed by atoms with E-state index in [1.54, 1.807) is 11.3 Å². The molecular formula is C13H25N. The van der Waals surface area contributed by atoms with Crippen molar-refractivity contribution in [2.75, 3.05) is 13.1 Å². The number of rotatable bonds is 5. The Bertz CT molecular complexity index is 187. The highest BCUT2D eigenvalue weighted by Crippen LogP contribution is 2.27. The van der Waals surface area contributed by atoms with Gasteiger partial charge in [0.1, 0.15) is 0 Å². The zero-order valence-electron chi connectivity index (χ0n) is 10.1. The van der Waals surface area contributed by atoms with Gasteiger partial charge in [-0.3, -0.25) is 0 Å². The molecule has 1 aliphatic rings. The zero-order valence-corrected chi connectivity index (χ0v) is 10.1. The summed E-state index contributed by atoms with van der Waals surface area (Å²) < 4.78 is 0. The molecule has 1 aliphatic carbocycles. The van der Waals surface area contributed by atoms with E-state index in [0.717, 1.165) is 0 Å². The maximum atomic E-state index is 2.62. The van der Waals surface area contributed by atoms with Gasteiger partial charge in [0.15, 0.2) is 0 Å². The van der Waals surface area contributed by atoms with Gasteiger partial charge in [0.05, 0.1) is 0 Å². The quantitative estimate of drug-likeness (QED) is 0.642. The van der Waals surface area contributed by atoms with Crippen LogP contribution in [0.15, 0.2) is 11.3 Å². The minimum atomic E-state index is 1.25. The third-order valence-electron chi connectivity index (χ3n) is 3.08. The molecule has 1 nitrogen and oxygen atoms in total. The van der Waals surface area contributed by atoms with E-state index in [1.807, 2.05) is 0 Å². The van der Waals surface area contributed by atoms with Gasteiger partial charge in [0.2, 0.25) is 0 Å². The van der Waals surface area contributed by atoms with E-state index in [-0.39, 0.29) is 0 Å². The Balaban J connectivity index is 2.64. The van der Waals surface area contributed by atoms with Gasteiger partial charge in [-0.1, -0.05) is 19.4 Å². The fourth-order valence-corrected chi connectivity index (χ4v) is 2.39. The number of nitrogens with zero attached hydrogens (tertiary/aromatic N) is 1. The van der Waals surface area contributed by atoms with Crippen molar-refractivity contribution in [1.29, 1.82) is 0 Å². The topological polar surface area (TPSA) is 3.24 Å². The Morgan fingerprint density at radius 2 is 1.57 bits per heavy atom. The molecule has 0 aliphatic heterocycles. The summed E-state index contributed by atoms with van der Waals surface area (Å²) in [5.41, 5.74) is 3.32. The van der Waals surface area contributed by atoms with Crippen molar-refractivity contribution < 1.29 is 0 Å². The second-order valence-corrected chi connectivity index (χ2v) is 4.42. The second-order valence-electron chi connectivity index (χ2n) is 4.42. The van der Waals surface area contributed by atoms with Crippen LogP contribution in [0.4, 0.5) is 0 Å². The van der Waals surface area contributed by atoms with Gasteiger partial charge in [-0.15, -0.1) is 0 Å². The van der Waals surface area contributed by atoms with Crippen molar-refractivity contribution in [3.63, 3.8) is 0 Å². The molecule has 0 radical (unpaired) electrons. The summed E-state index contributed by atoms with van der Waals surface area (Å²) in [4.78, 5) is 2.62. The average Bonchev–Trinajstić information content (AvgIpc) is 2.18. The highest BCUT2D eigenvalue weighted by Gasteiger charge is 2.14. The van der Waals surface area contributed by atoms with Crippen LogP contribution in [0.2, 0.25) is 0 Å². The van der Waals surface area contributed by atoms with E-state index in [9.17, 15) is 0 Å². The molecule has 0 aromatic heterocycles. The van der Waals surface area contributed by atoms with Crippen LogP contribution >= 0.6 is 0 Å². The van der Waals surface area contributed by atoms with E-state index >= 15 is 0 Å². The van der Waals surface area contributed by atoms with Crippen LogP contribution in [0.3, 0.4) is 0 Å². The van der Waals surface area contributed by atoms with Crippen LogP contribution in [0.1, 0.15) is 59.3 Å². The first kappa shape index (κ1) is 11.6. The molecule has 82 valence electrons. The SMILES string of the molecule is CCCN(CCC)C1=C(C)CCCC1. The van der Waals surface area contributed by atoms with E-state index < -0.39 is 0 Å². The summed E-state index contributed by atoms with van der Waals surface area (Å²) in [6.07, 6.45) is 8.01. The number of allylic oxidation sites excluding steroid dienone is 2. The Morgan fingerprint density at radius 1 is 1.00 bits per heavy atom. The molecule has 0 bridgehead atoms. The molecule has 1 rings (SSSR count). The van der Waals surface area contributed by atoms with Gasteiger partial charge in [0.25, 0.3) is 0 Å². The van der Waals surface area contributed by atoms with E-state index in [4.69, 9.17) is 0 Å². The largest absolute Gasteiger partial charge is 0.375 e. The van der Waals surface area contributed by atoms with Crippen molar-refractivity contribution in [2.45, 2.75) is 59.3 Å². The Labute approximate surface area is 89.2 Å². The van der Waals surface area contributed by atoms with Gasteiger partial charge >= 0.3 is 0 Å². The van der Waals surface area contributed by atoms with E-state index in [1.165, 1.54) is 51.6 Å². The predicted molar refractivity (Wildman–Crippen MR) is 63.3 cm³/mol. The molecule has 1 heteroatoms. The minimum absolute atomic E-state index is 1.25. The van der Waals surface area contributed by atoms with Gasteiger partial charge < -0.3 is 4.90 Å². The zero-order chi connectivity index (χ0) is 10.4. The van der Waals surface area contributed by atoms with Crippen LogP contribution in [-0.4, -0.2) is 18.0 Å². The van der Waals surface area contributed by atoms with Crippen molar-refractivity contribution in [3.05, 3.63) is 11.3 Å². The molecule has 0 fully saturated rings. The molecule has 0 amide bonds. The summed E-state index contributed by atoms with van der Waals surface area (Å²) in [6, 6.07) is 0. The predicted octanol–water partition coefficient (Wildman–Crippen LogP) is 3.96. The Hall–Kier alpha value is -0.460. The van der Waals surface area contributed by atoms with Gasteiger partial charge in [-0.2, -0.15) is 0 Å². The lowest BCUT2D eigenvalue weighted by Crippen LogP contribution is -2.27. The van der Waals surface area contributed by atoms with E-state index in [0.29, 0.717) is 0 Å². The summed E-state index contributed by atoms with van der Waals surface area (Å²) in [6.45, 7) is 9.39. The Morgan fingerprint density at radius 3 is 2.07 bits per heavy atom. The maximum absolute atomic E-state index is 2.62. The normalized spacial score (nSPS) is 17.4. The molecule has 0 saturated carbocycles. The highest BCUT2D eigenvalue weighted by molar-refractivity contribution is 5.14. The number of hydrogen-bond donors (Lipinski definition) is 0. The van der Waals surface area contributed by atoms with Crippen molar-refractivity contribution in [3.8, 4) is 0 Å². The lowest BCUT2D eigenvalue weighted by molar-refractivity contribution is 0.318. The molecule has 0 saturated heterocycles. The molecular weight excluding hydrogens is 170 g/mol. The summed E-state index contributed by atoms with van der Waals surface area (Å²) in [5, 5.41) is 0. The molecule has 0 aromatic carbocycles. The standard InChI is InChI=1S/C13H25N/c1-4-10-14(11-5-2)13-9-7-6-8-12(13)3/h4-11H2,1-3H3. The average molecular weight is 195 g/mol. The van der Waals surface area contributed by atoms with Crippen molar-refractivity contribution in [2.24, 2.45) is 0 Å². The van der Waals surface area contributed by atoms with Gasteiger partial charge in [-0.05, 0) is 45.4 Å². The second kappa shape index (κ2) is 6.10. The fourth-order valence-electron chi connectivity index (χ4n) is 2.39. The molecule has 0 spiro atoms. The number of hydrogen-bond acceptors (Lipinski definition) is 1. The molecule has 0 heterocycles. The minimum Gasteiger partial charge on any atom is -0.375 e. The maximum Gasteiger partial charge on any atom is 0.0172 e. The summed E-state index contributed by atoms with van der Waals surface area (Å²) in [7, 11) is 0. The first-order chi connectivity index (χ1) is 6.79. The molecule has 0 unspecified atom stereocenters. The lowest BCUT2D eigenvalue weighted by atomic mass is 9.96. The first-order valence-corrected chi connectivity index (χ1v) is 6.23. The molecule has 0 atom stereocenters. The third-order valence-corrected chi connectivity index (χ3v) is 3.08. The van der Waals surface area contributed by atoms with Gasteiger partial charge in [-0.25, -0.2) is 0 Å². The summed E-state index contributed by atoms with van der Waals surface area (Å²) in [5.74, 6) is 0. The van der Waals surface area contributed by atoms with Crippen molar-refractivity contribution in [1.82, 2.24) is 4.90 Å². The van der Waals surface area contributed by atoms with Crippen LogP contribution in [0.5, 0.6) is 0 Å². The van der Waals surface area contributed by atoms with Crippen molar-refractivity contribution >= 4 is 0 Å². The first-order valence-electron chi connectivity index (χ1n) is 6.23. The van der Waals surface area contributed by atoms with Gasteiger partial charge in [0, 0.05) is 18.8 Å². The monoisotopic (exact) mass is 195 g/mol. The molecule has 0 N–H and O–H groups in total. The highest BCUT2D eigenvalue weighted by atomic mass is 15.1. The van der Waals surface area contributed by atoms with Crippen LogP contribution in [0, 0.1) is 0 Å². The smallest absolute Gasteiger partial charge is 0.0172 e. The van der Waals surface area contributed by atoms with Crippen LogP contribution < -0.4 is 0 Å². The third kappa shape index (κ3) is 3.04. The summed E-state index contributed by atoms with van der Waals surface area (Å²) >= 11 is 0. The molecule has 14 heavy (non-hydrogen) atoms. The lowest BCUT2D eigenvalue weighted by Gasteiger charge is -2.31. The fraction of sp³-hybridized carbons (Fsp3) is 0.846. The Kier molecular flexibility index (Phi) is 5.06. The van der Waals surface area contributed by atoms with Crippen LogP contribution in [0.25, 0.3) is 0 Å². The molecule has 0 aromatic rings. The van der Waals surface area contributed by atoms with Crippen LogP contribution in [-0.2, 0) is 0 Å².